The van der Waals surface area contributed by atoms with Crippen LogP contribution in [0.15, 0.2) is 28.7 Å². The maximum Gasteiger partial charge on any atom is 0.258 e. The van der Waals surface area contributed by atoms with Gasteiger partial charge in [0.1, 0.15) is 23.1 Å². The number of benzene rings is 1. The highest BCUT2D eigenvalue weighted by Crippen LogP contribution is 2.60. The number of nitrogens with one attached hydrogen (secondary N) is 2. The first-order valence-corrected chi connectivity index (χ1v) is 9.36. The molecule has 0 radical (unpaired) electrons. The third kappa shape index (κ3) is 3.35. The summed E-state index contributed by atoms with van der Waals surface area (Å²) in [5.41, 5.74) is -0.00782. The van der Waals surface area contributed by atoms with Crippen molar-refractivity contribution in [2.75, 3.05) is 6.61 Å². The van der Waals surface area contributed by atoms with Gasteiger partial charge in [0.15, 0.2) is 6.61 Å². The summed E-state index contributed by atoms with van der Waals surface area (Å²) in [6.45, 7) is 3.35. The molecule has 3 aliphatic carbocycles. The van der Waals surface area contributed by atoms with Crippen LogP contribution in [-0.4, -0.2) is 29.5 Å². The third-order valence-corrected chi connectivity index (χ3v) is 5.67. The molecular weight excluding hydrogens is 387 g/mol. The van der Waals surface area contributed by atoms with Crippen molar-refractivity contribution in [2.24, 2.45) is 0 Å². The molecule has 6 nitrogen and oxygen atoms in total. The maximum atomic E-state index is 13.4. The second-order valence-corrected chi connectivity index (χ2v) is 8.19. The van der Waals surface area contributed by atoms with Gasteiger partial charge in [-0.25, -0.2) is 4.39 Å². The van der Waals surface area contributed by atoms with E-state index in [0.717, 1.165) is 6.07 Å². The first-order valence-electron chi connectivity index (χ1n) is 8.98. The predicted octanol–water partition coefficient (Wildman–Crippen LogP) is 3.29. The molecule has 28 heavy (non-hydrogen) atoms. The van der Waals surface area contributed by atoms with Gasteiger partial charge in [0.05, 0.1) is 10.6 Å². The monoisotopic (exact) mass is 406 g/mol. The molecule has 148 valence electrons. The molecule has 5 rings (SSSR count). The SMILES string of the molecule is Cc1cc(C(=O)NC23CC(NC(=O)COc4ccc(Cl)c(F)c4)(C2)C3)c(C)o1. The van der Waals surface area contributed by atoms with Gasteiger partial charge in [-0.15, -0.1) is 0 Å². The fourth-order valence-corrected chi connectivity index (χ4v) is 4.38. The highest BCUT2D eigenvalue weighted by atomic mass is 35.5. The van der Waals surface area contributed by atoms with Crippen LogP contribution in [0.4, 0.5) is 4.39 Å². The van der Waals surface area contributed by atoms with E-state index in [1.165, 1.54) is 12.1 Å². The number of carbonyl (C=O) groups excluding carboxylic acids is 2. The summed E-state index contributed by atoms with van der Waals surface area (Å²) in [6.07, 6.45) is 2.05. The topological polar surface area (TPSA) is 80.6 Å². The summed E-state index contributed by atoms with van der Waals surface area (Å²) in [4.78, 5) is 24.6. The van der Waals surface area contributed by atoms with Gasteiger partial charge in [0.2, 0.25) is 0 Å². The third-order valence-electron chi connectivity index (χ3n) is 5.36. The number of amides is 2. The van der Waals surface area contributed by atoms with Crippen molar-refractivity contribution >= 4 is 23.4 Å². The highest BCUT2D eigenvalue weighted by molar-refractivity contribution is 6.30. The smallest absolute Gasteiger partial charge is 0.258 e. The summed E-state index contributed by atoms with van der Waals surface area (Å²) in [7, 11) is 0. The first-order chi connectivity index (χ1) is 13.2. The normalized spacial score (nSPS) is 24.7. The van der Waals surface area contributed by atoms with Crippen LogP contribution in [0.5, 0.6) is 5.75 Å². The standard InChI is InChI=1S/C20H20ClFN2O4/c1-11-5-14(12(2)28-11)18(26)24-20-8-19(9-20,10-20)23-17(25)7-27-13-3-4-15(21)16(22)6-13/h3-6H,7-10H2,1-2H3,(H,23,25)(H,24,26). The van der Waals surface area contributed by atoms with Crippen molar-refractivity contribution in [3.8, 4) is 5.75 Å². The number of halogens is 2. The minimum absolute atomic E-state index is 0.00112. The van der Waals surface area contributed by atoms with Crippen molar-refractivity contribution in [1.82, 2.24) is 10.6 Å². The molecule has 0 aliphatic heterocycles. The van der Waals surface area contributed by atoms with Crippen LogP contribution in [0.1, 0.15) is 41.1 Å². The van der Waals surface area contributed by atoms with Crippen LogP contribution >= 0.6 is 11.6 Å². The minimum atomic E-state index is -0.597. The Balaban J connectivity index is 1.25. The second kappa shape index (κ2) is 6.51. The lowest BCUT2D eigenvalue weighted by molar-refractivity contribution is -0.141. The van der Waals surface area contributed by atoms with Crippen LogP contribution < -0.4 is 15.4 Å². The molecule has 2 amide bonds. The molecule has 3 saturated carbocycles. The first kappa shape index (κ1) is 18.8. The molecule has 0 spiro atoms. The summed E-state index contributed by atoms with van der Waals surface area (Å²) < 4.78 is 24.1. The van der Waals surface area contributed by atoms with Gasteiger partial charge in [0.25, 0.3) is 11.8 Å². The number of ether oxygens (including phenoxy) is 1. The van der Waals surface area contributed by atoms with E-state index in [0.29, 0.717) is 36.3 Å². The molecule has 1 aromatic heterocycles. The average Bonchev–Trinajstić information content (AvgIpc) is 2.91. The van der Waals surface area contributed by atoms with Crippen molar-refractivity contribution in [3.63, 3.8) is 0 Å². The second-order valence-electron chi connectivity index (χ2n) is 7.78. The highest BCUT2D eigenvalue weighted by Gasteiger charge is 2.69. The molecule has 0 atom stereocenters. The molecule has 0 unspecified atom stereocenters. The molecule has 1 aromatic carbocycles. The Morgan fingerprint density at radius 3 is 2.46 bits per heavy atom. The van der Waals surface area contributed by atoms with Crippen molar-refractivity contribution < 1.29 is 23.1 Å². The largest absolute Gasteiger partial charge is 0.484 e. The van der Waals surface area contributed by atoms with Crippen molar-refractivity contribution in [1.29, 1.82) is 0 Å². The molecule has 3 aliphatic rings. The van der Waals surface area contributed by atoms with Gasteiger partial charge in [-0.1, -0.05) is 11.6 Å². The fraction of sp³-hybridized carbons (Fsp3) is 0.400. The maximum absolute atomic E-state index is 13.4. The molecule has 0 saturated heterocycles. The summed E-state index contributed by atoms with van der Waals surface area (Å²) in [6, 6.07) is 5.75. The molecule has 2 bridgehead atoms. The van der Waals surface area contributed by atoms with E-state index < -0.39 is 5.82 Å². The number of rotatable bonds is 6. The number of carbonyl (C=O) groups is 2. The van der Waals surface area contributed by atoms with E-state index in [-0.39, 0.29) is 40.3 Å². The predicted molar refractivity (Wildman–Crippen MR) is 100 cm³/mol. The molecule has 2 N–H and O–H groups in total. The van der Waals surface area contributed by atoms with E-state index >= 15 is 0 Å². The molecule has 1 heterocycles. The van der Waals surface area contributed by atoms with Gasteiger partial charge >= 0.3 is 0 Å². The van der Waals surface area contributed by atoms with Gasteiger partial charge in [-0.3, -0.25) is 9.59 Å². The van der Waals surface area contributed by atoms with E-state index in [9.17, 15) is 14.0 Å². The zero-order valence-electron chi connectivity index (χ0n) is 15.5. The Bertz CT molecular complexity index is 951. The number of aryl methyl sites for hydroxylation is 2. The van der Waals surface area contributed by atoms with Crippen LogP contribution in [-0.2, 0) is 4.79 Å². The van der Waals surface area contributed by atoms with Gasteiger partial charge in [0, 0.05) is 17.1 Å². The van der Waals surface area contributed by atoms with Crippen LogP contribution in [0.2, 0.25) is 5.02 Å². The van der Waals surface area contributed by atoms with E-state index in [1.54, 1.807) is 19.9 Å². The lowest BCUT2D eigenvalue weighted by atomic mass is 9.44. The molecule has 8 heteroatoms. The summed E-state index contributed by atoms with van der Waals surface area (Å²) in [5.74, 6) is 0.507. The van der Waals surface area contributed by atoms with Gasteiger partial charge in [-0.05, 0) is 51.3 Å². The zero-order valence-corrected chi connectivity index (χ0v) is 16.3. The minimum Gasteiger partial charge on any atom is -0.484 e. The zero-order chi connectivity index (χ0) is 20.1. The van der Waals surface area contributed by atoms with Gasteiger partial charge in [-0.2, -0.15) is 0 Å². The van der Waals surface area contributed by atoms with Crippen LogP contribution in [0, 0.1) is 19.7 Å². The van der Waals surface area contributed by atoms with Gasteiger partial charge < -0.3 is 19.8 Å². The Morgan fingerprint density at radius 1 is 1.18 bits per heavy atom. The Morgan fingerprint density at radius 2 is 1.86 bits per heavy atom. The Kier molecular flexibility index (Phi) is 4.38. The summed E-state index contributed by atoms with van der Waals surface area (Å²) >= 11 is 5.62. The molecule has 2 aromatic rings. The Hall–Kier alpha value is -2.54. The lowest BCUT2D eigenvalue weighted by Gasteiger charge is -2.70. The lowest BCUT2D eigenvalue weighted by Crippen LogP contribution is -2.84. The van der Waals surface area contributed by atoms with E-state index in [2.05, 4.69) is 10.6 Å². The molecular formula is C20H20ClFN2O4. The number of hydrogen-bond acceptors (Lipinski definition) is 4. The number of hydrogen-bond donors (Lipinski definition) is 2. The summed E-state index contributed by atoms with van der Waals surface area (Å²) in [5, 5.41) is 6.01. The van der Waals surface area contributed by atoms with E-state index in [1.807, 2.05) is 0 Å². The Labute approximate surface area is 166 Å². The van der Waals surface area contributed by atoms with Crippen molar-refractivity contribution in [3.05, 3.63) is 52.2 Å². The number of furan rings is 1. The average molecular weight is 407 g/mol. The van der Waals surface area contributed by atoms with E-state index in [4.69, 9.17) is 20.8 Å². The van der Waals surface area contributed by atoms with Crippen LogP contribution in [0.3, 0.4) is 0 Å². The quantitative estimate of drug-likeness (QED) is 0.771. The van der Waals surface area contributed by atoms with Crippen LogP contribution in [0.25, 0.3) is 0 Å². The molecule has 3 fully saturated rings. The van der Waals surface area contributed by atoms with Crippen molar-refractivity contribution in [2.45, 2.75) is 44.2 Å². The fourth-order valence-electron chi connectivity index (χ4n) is 4.26.